The average molecular weight is 558 g/mol. The molecule has 2 aromatic carbocycles. The minimum absolute atomic E-state index is 0.0629. The first-order valence-electron chi connectivity index (χ1n) is 12.7. The average Bonchev–Trinajstić information content (AvgIpc) is 2.84. The van der Waals surface area contributed by atoms with Gasteiger partial charge in [0.05, 0.1) is 28.3 Å². The number of rotatable bonds is 2. The topological polar surface area (TPSA) is 157 Å². The van der Waals surface area contributed by atoms with Crippen molar-refractivity contribution in [2.75, 3.05) is 20.4 Å². The number of aliphatic hydroxyl groups is 3. The van der Waals surface area contributed by atoms with Crippen molar-refractivity contribution in [3.8, 4) is 17.2 Å². The molecule has 4 aliphatic rings. The summed E-state index contributed by atoms with van der Waals surface area (Å²) in [4.78, 5) is 29.6. The number of ether oxygens (including phenoxy) is 2. The Bertz CT molecular complexity index is 1450. The maximum atomic E-state index is 14.1. The number of phenols is 2. The highest BCUT2D eigenvalue weighted by Crippen LogP contribution is 2.55. The van der Waals surface area contributed by atoms with Crippen LogP contribution in [0.2, 0.25) is 0 Å². The number of benzene rings is 2. The highest BCUT2D eigenvalue weighted by atomic mass is 32.2. The van der Waals surface area contributed by atoms with Crippen molar-refractivity contribution in [2.45, 2.75) is 67.7 Å². The van der Waals surface area contributed by atoms with Crippen molar-refractivity contribution in [1.29, 1.82) is 0 Å². The molecular formula is C28H31NO9S. The molecule has 0 aromatic heterocycles. The normalized spacial score (nSPS) is 34.6. The molecule has 0 amide bonds. The number of phenolic OH excluding ortho intramolecular Hbond substituents is 2. The maximum Gasteiger partial charge on any atom is 0.228 e. The number of carbonyl (C=O) groups excluding carboxylic acids is 2. The zero-order chi connectivity index (χ0) is 28.3. The lowest BCUT2D eigenvalue weighted by Crippen LogP contribution is -2.68. The summed E-state index contributed by atoms with van der Waals surface area (Å²) in [6.07, 6.45) is -1.44. The van der Waals surface area contributed by atoms with Gasteiger partial charge in [0.2, 0.25) is 12.1 Å². The molecule has 2 heterocycles. The molecule has 2 aliphatic heterocycles. The molecule has 6 rings (SSSR count). The summed E-state index contributed by atoms with van der Waals surface area (Å²) in [6, 6.07) is 2.00. The van der Waals surface area contributed by atoms with Crippen LogP contribution in [0.15, 0.2) is 12.1 Å². The van der Waals surface area contributed by atoms with Gasteiger partial charge in [-0.2, -0.15) is 11.8 Å². The van der Waals surface area contributed by atoms with Crippen molar-refractivity contribution in [2.24, 2.45) is 0 Å². The molecule has 0 spiro atoms. The molecule has 5 N–H and O–H groups in total. The van der Waals surface area contributed by atoms with Gasteiger partial charge in [-0.3, -0.25) is 9.59 Å². The van der Waals surface area contributed by atoms with Crippen LogP contribution >= 0.6 is 11.8 Å². The third kappa shape index (κ3) is 3.47. The van der Waals surface area contributed by atoms with E-state index in [-0.39, 0.29) is 51.0 Å². The smallest absolute Gasteiger partial charge is 0.228 e. The Kier molecular flexibility index (Phi) is 5.73. The molecule has 7 atom stereocenters. The van der Waals surface area contributed by atoms with Crippen molar-refractivity contribution >= 4 is 23.3 Å². The number of aromatic hydroxyl groups is 2. The maximum absolute atomic E-state index is 14.1. The van der Waals surface area contributed by atoms with E-state index in [9.17, 15) is 35.1 Å². The highest BCUT2D eigenvalue weighted by Gasteiger charge is 2.59. The molecule has 1 fully saturated rings. The standard InChI is InChI=1S/C28H31NO9S/c1-27(36)8-10-6-11-16(21(32)15(10)14(9-27)39-5)22(33)17-13(30)7-12-24(18(17)20(11)31)37-26-23(34)19(29(3)4)25(35)28(12,2)38-26/h6-7,14,19,23,25-26,30,32,34-36H,8-9H2,1-5H3. The Morgan fingerprint density at radius 2 is 1.74 bits per heavy atom. The first-order chi connectivity index (χ1) is 18.2. The molecule has 11 heteroatoms. The largest absolute Gasteiger partial charge is 0.507 e. The van der Waals surface area contributed by atoms with Gasteiger partial charge in [-0.05, 0) is 58.3 Å². The van der Waals surface area contributed by atoms with Gasteiger partial charge < -0.3 is 39.9 Å². The second-order valence-corrected chi connectivity index (χ2v) is 12.6. The van der Waals surface area contributed by atoms with E-state index < -0.39 is 53.1 Å². The van der Waals surface area contributed by atoms with E-state index in [1.807, 2.05) is 6.26 Å². The first kappa shape index (κ1) is 26.5. The van der Waals surface area contributed by atoms with Crippen LogP contribution in [-0.4, -0.2) is 92.5 Å². The lowest BCUT2D eigenvalue weighted by Gasteiger charge is -2.53. The third-order valence-electron chi connectivity index (χ3n) is 8.66. The number of likely N-dealkylation sites (N-methyl/N-ethyl adjacent to an activating group) is 1. The molecule has 2 aromatic rings. The van der Waals surface area contributed by atoms with Gasteiger partial charge in [-0.1, -0.05) is 0 Å². The molecule has 0 saturated carbocycles. The van der Waals surface area contributed by atoms with E-state index in [0.717, 1.165) is 0 Å². The molecular weight excluding hydrogens is 526 g/mol. The Balaban J connectivity index is 1.58. The summed E-state index contributed by atoms with van der Waals surface area (Å²) in [7, 11) is 3.38. The number of aliphatic hydroxyl groups excluding tert-OH is 2. The van der Waals surface area contributed by atoms with Gasteiger partial charge in [0.25, 0.3) is 0 Å². The van der Waals surface area contributed by atoms with E-state index in [1.54, 1.807) is 32.8 Å². The van der Waals surface area contributed by atoms with Crippen LogP contribution in [0.3, 0.4) is 0 Å². The van der Waals surface area contributed by atoms with Crippen molar-refractivity contribution in [1.82, 2.24) is 4.90 Å². The van der Waals surface area contributed by atoms with Crippen molar-refractivity contribution in [3.05, 3.63) is 51.1 Å². The van der Waals surface area contributed by atoms with Gasteiger partial charge >= 0.3 is 0 Å². The second-order valence-electron chi connectivity index (χ2n) is 11.6. The summed E-state index contributed by atoms with van der Waals surface area (Å²) in [5.74, 6) is -2.30. The lowest BCUT2D eigenvalue weighted by atomic mass is 9.73. The second kappa shape index (κ2) is 8.42. The highest BCUT2D eigenvalue weighted by molar-refractivity contribution is 7.98. The fourth-order valence-electron chi connectivity index (χ4n) is 6.76. The van der Waals surface area contributed by atoms with Crippen LogP contribution in [0.4, 0.5) is 0 Å². The Morgan fingerprint density at radius 1 is 1.05 bits per heavy atom. The molecule has 10 nitrogen and oxygen atoms in total. The van der Waals surface area contributed by atoms with Gasteiger partial charge in [-0.15, -0.1) is 0 Å². The number of thioether (sulfide) groups is 1. The Morgan fingerprint density at radius 3 is 2.38 bits per heavy atom. The number of hydrogen-bond donors (Lipinski definition) is 5. The molecule has 208 valence electrons. The van der Waals surface area contributed by atoms with Crippen LogP contribution < -0.4 is 4.74 Å². The van der Waals surface area contributed by atoms with E-state index >= 15 is 0 Å². The number of ketones is 2. The van der Waals surface area contributed by atoms with Crippen LogP contribution in [0, 0.1) is 0 Å². The molecule has 2 bridgehead atoms. The summed E-state index contributed by atoms with van der Waals surface area (Å²) < 4.78 is 11.9. The van der Waals surface area contributed by atoms with E-state index in [2.05, 4.69) is 0 Å². The van der Waals surface area contributed by atoms with Crippen molar-refractivity contribution in [3.63, 3.8) is 0 Å². The van der Waals surface area contributed by atoms with Crippen LogP contribution in [-0.2, 0) is 16.8 Å². The van der Waals surface area contributed by atoms with Gasteiger partial charge in [0.15, 0.2) is 5.78 Å². The summed E-state index contributed by atoms with van der Waals surface area (Å²) in [6.45, 7) is 3.27. The predicted molar refractivity (Wildman–Crippen MR) is 141 cm³/mol. The quantitative estimate of drug-likeness (QED) is 0.312. The fraction of sp³-hybridized carbons (Fsp3) is 0.500. The van der Waals surface area contributed by atoms with Crippen LogP contribution in [0.25, 0.3) is 0 Å². The van der Waals surface area contributed by atoms with E-state index in [4.69, 9.17) is 9.47 Å². The van der Waals surface area contributed by atoms with Gasteiger partial charge in [0.1, 0.15) is 35.1 Å². The minimum Gasteiger partial charge on any atom is -0.507 e. The van der Waals surface area contributed by atoms with Gasteiger partial charge in [-0.25, -0.2) is 0 Å². The molecule has 0 radical (unpaired) electrons. The summed E-state index contributed by atoms with van der Waals surface area (Å²) in [5.41, 5.74) is -2.12. The predicted octanol–water partition coefficient (Wildman–Crippen LogP) is 1.59. The number of hydrogen-bond acceptors (Lipinski definition) is 11. The summed E-state index contributed by atoms with van der Waals surface area (Å²) >= 11 is 1.43. The Hall–Kier alpha value is -2.67. The monoisotopic (exact) mass is 557 g/mol. The number of nitrogens with zero attached hydrogens (tertiary/aromatic N) is 1. The van der Waals surface area contributed by atoms with Crippen LogP contribution in [0.1, 0.15) is 74.1 Å². The molecule has 2 aliphatic carbocycles. The SMILES string of the molecule is CSC1CC(C)(O)Cc2cc3c(c(O)c21)C(=O)c1c(O)cc2c(c1C3=O)OC1OC2(C)C(O)C(N(C)C)C1O. The van der Waals surface area contributed by atoms with Gasteiger partial charge in [0, 0.05) is 28.4 Å². The zero-order valence-electron chi connectivity index (χ0n) is 22.2. The zero-order valence-corrected chi connectivity index (χ0v) is 23.0. The third-order valence-corrected chi connectivity index (χ3v) is 9.63. The van der Waals surface area contributed by atoms with E-state index in [0.29, 0.717) is 17.5 Å². The first-order valence-corrected chi connectivity index (χ1v) is 14.0. The Labute approximate surface area is 229 Å². The lowest BCUT2D eigenvalue weighted by molar-refractivity contribution is -0.311. The van der Waals surface area contributed by atoms with Crippen LogP contribution in [0.5, 0.6) is 17.2 Å². The molecule has 1 saturated heterocycles. The van der Waals surface area contributed by atoms with Crippen molar-refractivity contribution < 1.29 is 44.6 Å². The van der Waals surface area contributed by atoms with E-state index in [1.165, 1.54) is 23.9 Å². The number of fused-ring (bicyclic) bond motifs is 8. The number of carbonyl (C=O) groups is 2. The minimum atomic E-state index is -1.48. The molecule has 39 heavy (non-hydrogen) atoms. The summed E-state index contributed by atoms with van der Waals surface area (Å²) in [5, 5.41) is 55.2. The fourth-order valence-corrected chi connectivity index (χ4v) is 7.79. The molecule has 7 unspecified atom stereocenters.